The minimum Gasteiger partial charge on any atom is -0.451 e. The molecule has 0 aliphatic rings. The molecule has 10 heteroatoms. The molecule has 4 aromatic rings. The summed E-state index contributed by atoms with van der Waals surface area (Å²) in [6.07, 6.45) is 2.99. The highest BCUT2D eigenvalue weighted by molar-refractivity contribution is 7.20. The molecule has 0 unspecified atom stereocenters. The maximum atomic E-state index is 12.5. The van der Waals surface area contributed by atoms with Crippen LogP contribution in [0.4, 0.5) is 5.82 Å². The number of thiophene rings is 1. The fourth-order valence-electron chi connectivity index (χ4n) is 2.48. The zero-order valence-corrected chi connectivity index (χ0v) is 15.7. The van der Waals surface area contributed by atoms with E-state index in [2.05, 4.69) is 15.3 Å². The van der Waals surface area contributed by atoms with Crippen molar-refractivity contribution in [2.45, 2.75) is 0 Å². The first-order valence-corrected chi connectivity index (χ1v) is 9.20. The van der Waals surface area contributed by atoms with Crippen LogP contribution in [-0.4, -0.2) is 32.9 Å². The van der Waals surface area contributed by atoms with Crippen LogP contribution in [0.25, 0.3) is 15.9 Å². The average molecular weight is 415 g/mol. The van der Waals surface area contributed by atoms with Gasteiger partial charge < -0.3 is 10.1 Å². The molecule has 1 amide bonds. The van der Waals surface area contributed by atoms with Crippen molar-refractivity contribution in [2.75, 3.05) is 11.9 Å². The Morgan fingerprint density at radius 2 is 2.11 bits per heavy atom. The molecule has 0 bridgehead atoms. The highest BCUT2D eigenvalue weighted by Gasteiger charge is 2.17. The molecular formula is C18H11ClN4O4S. The number of nitrogens with zero attached hydrogens (tertiary/aromatic N) is 3. The van der Waals surface area contributed by atoms with Gasteiger partial charge in [-0.25, -0.2) is 14.8 Å². The minimum absolute atomic E-state index is 0.188. The Labute approximate surface area is 166 Å². The highest BCUT2D eigenvalue weighted by atomic mass is 35.5. The Morgan fingerprint density at radius 1 is 1.25 bits per heavy atom. The average Bonchev–Trinajstić information content (AvgIpc) is 3.13. The standard InChI is InChI=1S/C18H11ClN4O4S/c19-10-4-5-13(20-8-10)21-15(24)9-27-18(26)12-7-11-16(28-12)22-14-3-1-2-6-23(14)17(11)25/h1-8H,9H2,(H,20,21,24). The van der Waals surface area contributed by atoms with E-state index in [1.807, 2.05) is 0 Å². The lowest BCUT2D eigenvalue weighted by atomic mass is 10.3. The predicted molar refractivity (Wildman–Crippen MR) is 105 cm³/mol. The second kappa shape index (κ2) is 7.37. The third-order valence-corrected chi connectivity index (χ3v) is 4.98. The third kappa shape index (κ3) is 3.57. The fraction of sp³-hybridized carbons (Fsp3) is 0.0556. The number of carbonyl (C=O) groups is 2. The lowest BCUT2D eigenvalue weighted by Gasteiger charge is -2.05. The molecule has 4 rings (SSSR count). The number of ether oxygens (including phenoxy) is 1. The molecule has 8 nitrogen and oxygen atoms in total. The number of fused-ring (bicyclic) bond motifs is 2. The molecule has 0 saturated heterocycles. The van der Waals surface area contributed by atoms with Crippen molar-refractivity contribution in [3.63, 3.8) is 0 Å². The van der Waals surface area contributed by atoms with Crippen LogP contribution in [0.3, 0.4) is 0 Å². The summed E-state index contributed by atoms with van der Waals surface area (Å²) in [5.41, 5.74) is 0.207. The van der Waals surface area contributed by atoms with E-state index < -0.39 is 18.5 Å². The molecule has 1 N–H and O–H groups in total. The van der Waals surface area contributed by atoms with Gasteiger partial charge >= 0.3 is 5.97 Å². The number of rotatable bonds is 4. The van der Waals surface area contributed by atoms with Crippen molar-refractivity contribution in [3.05, 3.63) is 69.0 Å². The van der Waals surface area contributed by atoms with Gasteiger partial charge in [-0.05, 0) is 30.3 Å². The van der Waals surface area contributed by atoms with Gasteiger partial charge in [0.05, 0.1) is 10.4 Å². The van der Waals surface area contributed by atoms with E-state index in [1.54, 1.807) is 30.5 Å². The van der Waals surface area contributed by atoms with E-state index in [-0.39, 0.29) is 16.3 Å². The Hall–Kier alpha value is -3.30. The maximum absolute atomic E-state index is 12.5. The smallest absolute Gasteiger partial charge is 0.348 e. The van der Waals surface area contributed by atoms with E-state index in [0.29, 0.717) is 20.9 Å². The number of esters is 1. The van der Waals surface area contributed by atoms with Crippen molar-refractivity contribution < 1.29 is 14.3 Å². The zero-order valence-electron chi connectivity index (χ0n) is 14.1. The predicted octanol–water partition coefficient (Wildman–Crippen LogP) is 2.75. The van der Waals surface area contributed by atoms with Gasteiger partial charge in [0.25, 0.3) is 11.5 Å². The number of hydrogen-bond donors (Lipinski definition) is 1. The largest absolute Gasteiger partial charge is 0.451 e. The van der Waals surface area contributed by atoms with E-state index in [4.69, 9.17) is 16.3 Å². The quantitative estimate of drug-likeness (QED) is 0.515. The molecule has 0 fully saturated rings. The number of halogens is 1. The van der Waals surface area contributed by atoms with Crippen molar-refractivity contribution in [2.24, 2.45) is 0 Å². The first kappa shape index (κ1) is 18.1. The number of pyridine rings is 2. The second-order valence-electron chi connectivity index (χ2n) is 5.66. The summed E-state index contributed by atoms with van der Waals surface area (Å²) in [5, 5.41) is 3.24. The molecule has 0 atom stereocenters. The van der Waals surface area contributed by atoms with E-state index in [1.165, 1.54) is 22.7 Å². The Kier molecular flexibility index (Phi) is 4.76. The maximum Gasteiger partial charge on any atom is 0.348 e. The number of anilines is 1. The topological polar surface area (TPSA) is 103 Å². The lowest BCUT2D eigenvalue weighted by Crippen LogP contribution is -2.21. The number of nitrogens with one attached hydrogen (secondary N) is 1. The zero-order chi connectivity index (χ0) is 19.7. The summed E-state index contributed by atoms with van der Waals surface area (Å²) in [6.45, 7) is -0.494. The van der Waals surface area contributed by atoms with E-state index in [9.17, 15) is 14.4 Å². The summed E-state index contributed by atoms with van der Waals surface area (Å²) in [4.78, 5) is 45.6. The van der Waals surface area contributed by atoms with Gasteiger partial charge in [-0.1, -0.05) is 17.7 Å². The normalized spacial score (nSPS) is 10.9. The van der Waals surface area contributed by atoms with Gasteiger partial charge in [0, 0.05) is 12.4 Å². The van der Waals surface area contributed by atoms with Crippen LogP contribution >= 0.6 is 22.9 Å². The van der Waals surface area contributed by atoms with Crippen LogP contribution in [0.15, 0.2) is 53.6 Å². The van der Waals surface area contributed by atoms with Crippen LogP contribution in [0.1, 0.15) is 9.67 Å². The summed E-state index contributed by atoms with van der Waals surface area (Å²) >= 11 is 6.76. The Morgan fingerprint density at radius 3 is 2.89 bits per heavy atom. The molecule has 4 aromatic heterocycles. The number of amides is 1. The van der Waals surface area contributed by atoms with Gasteiger partial charge in [-0.15, -0.1) is 11.3 Å². The van der Waals surface area contributed by atoms with E-state index in [0.717, 1.165) is 11.3 Å². The molecule has 0 saturated carbocycles. The van der Waals surface area contributed by atoms with Crippen LogP contribution in [0, 0.1) is 0 Å². The first-order chi connectivity index (χ1) is 13.5. The van der Waals surface area contributed by atoms with Gasteiger partial charge in [-0.3, -0.25) is 14.0 Å². The molecule has 140 valence electrons. The Bertz CT molecular complexity index is 1270. The van der Waals surface area contributed by atoms with Gasteiger partial charge in [0.1, 0.15) is 21.2 Å². The van der Waals surface area contributed by atoms with Crippen LogP contribution < -0.4 is 10.9 Å². The number of carbonyl (C=O) groups excluding carboxylic acids is 2. The van der Waals surface area contributed by atoms with Crippen molar-refractivity contribution in [1.29, 1.82) is 0 Å². The fourth-order valence-corrected chi connectivity index (χ4v) is 3.51. The van der Waals surface area contributed by atoms with Gasteiger partial charge in [0.2, 0.25) is 0 Å². The van der Waals surface area contributed by atoms with Crippen LogP contribution in [0.2, 0.25) is 5.02 Å². The second-order valence-corrected chi connectivity index (χ2v) is 7.13. The van der Waals surface area contributed by atoms with Crippen LogP contribution in [0.5, 0.6) is 0 Å². The molecule has 4 heterocycles. The molecule has 0 aliphatic carbocycles. The molecule has 28 heavy (non-hydrogen) atoms. The van der Waals surface area contributed by atoms with E-state index >= 15 is 0 Å². The summed E-state index contributed by atoms with van der Waals surface area (Å²) in [5.74, 6) is -0.972. The summed E-state index contributed by atoms with van der Waals surface area (Å²) < 4.78 is 6.42. The van der Waals surface area contributed by atoms with Crippen molar-refractivity contribution >= 4 is 56.5 Å². The molecular weight excluding hydrogens is 404 g/mol. The number of aromatic nitrogens is 3. The lowest BCUT2D eigenvalue weighted by molar-refractivity contribution is -0.119. The van der Waals surface area contributed by atoms with Crippen molar-refractivity contribution in [3.8, 4) is 0 Å². The van der Waals surface area contributed by atoms with Gasteiger partial charge in [0.15, 0.2) is 6.61 Å². The van der Waals surface area contributed by atoms with Gasteiger partial charge in [-0.2, -0.15) is 0 Å². The monoisotopic (exact) mass is 414 g/mol. The van der Waals surface area contributed by atoms with Crippen molar-refractivity contribution in [1.82, 2.24) is 14.4 Å². The first-order valence-electron chi connectivity index (χ1n) is 8.01. The molecule has 0 aliphatic heterocycles. The minimum atomic E-state index is -0.712. The highest BCUT2D eigenvalue weighted by Crippen LogP contribution is 2.22. The SMILES string of the molecule is O=C(COC(=O)c1cc2c(=O)n3ccccc3nc2s1)Nc1ccc(Cl)cn1. The molecule has 0 radical (unpaired) electrons. The summed E-state index contributed by atoms with van der Waals surface area (Å²) in [6, 6.07) is 9.71. The summed E-state index contributed by atoms with van der Waals surface area (Å²) in [7, 11) is 0. The number of hydrogen-bond acceptors (Lipinski definition) is 7. The Balaban J connectivity index is 1.48. The van der Waals surface area contributed by atoms with Crippen LogP contribution in [-0.2, 0) is 9.53 Å². The molecule has 0 spiro atoms. The molecule has 0 aromatic carbocycles. The third-order valence-electron chi connectivity index (χ3n) is 3.75.